The molecular formula is C23H27NO3Si. The Labute approximate surface area is 166 Å². The first-order valence-corrected chi connectivity index (χ1v) is 14.5. The van der Waals surface area contributed by atoms with Crippen LogP contribution in [0.2, 0.25) is 25.2 Å². The number of fused-ring (bicyclic) bond motifs is 7. The number of anilines is 1. The molecule has 4 nitrogen and oxygen atoms in total. The Kier molecular flexibility index (Phi) is 2.62. The Balaban J connectivity index is 1.40. The van der Waals surface area contributed by atoms with Crippen LogP contribution in [0.25, 0.3) is 0 Å². The number of carbonyl (C=O) groups excluding carboxylic acids is 2. The number of hydrogen-bond donors (Lipinski definition) is 0. The number of hydrogen-bond acceptors (Lipinski definition) is 3. The summed E-state index contributed by atoms with van der Waals surface area (Å²) in [4.78, 5) is 28.9. The van der Waals surface area contributed by atoms with E-state index >= 15 is 0 Å². The van der Waals surface area contributed by atoms with Crippen molar-refractivity contribution in [1.29, 1.82) is 0 Å². The smallest absolute Gasteiger partial charge is 0.238 e. The van der Waals surface area contributed by atoms with Gasteiger partial charge in [0.1, 0.15) is 11.2 Å². The van der Waals surface area contributed by atoms with E-state index in [1.165, 1.54) is 24.2 Å². The van der Waals surface area contributed by atoms with Crippen LogP contribution in [-0.4, -0.2) is 31.1 Å². The van der Waals surface area contributed by atoms with Gasteiger partial charge in [-0.15, -0.1) is 0 Å². The van der Waals surface area contributed by atoms with Gasteiger partial charge in [-0.3, -0.25) is 14.5 Å². The molecule has 7 rings (SSSR count). The molecule has 0 aromatic heterocycles. The molecule has 6 fully saturated rings. The first-order valence-electron chi connectivity index (χ1n) is 11.0. The molecule has 2 aliphatic heterocycles. The summed E-state index contributed by atoms with van der Waals surface area (Å²) in [6.07, 6.45) is 3.79. The van der Waals surface area contributed by atoms with Gasteiger partial charge in [-0.05, 0) is 48.8 Å². The Morgan fingerprint density at radius 2 is 1.46 bits per heavy atom. The molecule has 4 aliphatic carbocycles. The average molecular weight is 394 g/mol. The molecule has 4 saturated carbocycles. The van der Waals surface area contributed by atoms with Crippen LogP contribution in [0.4, 0.5) is 5.69 Å². The lowest BCUT2D eigenvalue weighted by molar-refractivity contribution is -0.124. The van der Waals surface area contributed by atoms with Crippen LogP contribution < -0.4 is 4.90 Å². The minimum atomic E-state index is -1.54. The predicted octanol–water partition coefficient (Wildman–Crippen LogP) is 3.70. The molecule has 2 heterocycles. The number of benzene rings is 1. The van der Waals surface area contributed by atoms with Crippen molar-refractivity contribution in [3.8, 4) is 0 Å². The molecule has 146 valence electrons. The summed E-state index contributed by atoms with van der Waals surface area (Å²) in [5, 5.41) is 0. The van der Waals surface area contributed by atoms with E-state index in [0.717, 1.165) is 5.69 Å². The molecule has 28 heavy (non-hydrogen) atoms. The number of rotatable bonds is 2. The van der Waals surface area contributed by atoms with E-state index in [2.05, 4.69) is 19.6 Å². The molecule has 1 aromatic carbocycles. The summed E-state index contributed by atoms with van der Waals surface area (Å²) < 4.78 is 6.74. The molecule has 5 heteroatoms. The van der Waals surface area contributed by atoms with Crippen LogP contribution in [0.1, 0.15) is 19.3 Å². The van der Waals surface area contributed by atoms with Gasteiger partial charge in [0.2, 0.25) is 11.8 Å². The van der Waals surface area contributed by atoms with E-state index < -0.39 is 8.07 Å². The van der Waals surface area contributed by atoms with E-state index in [1.807, 2.05) is 30.3 Å². The average Bonchev–Trinajstić information content (AvgIpc) is 3.06. The van der Waals surface area contributed by atoms with Crippen LogP contribution in [0.5, 0.6) is 0 Å². The minimum Gasteiger partial charge on any atom is -0.361 e. The number of epoxide rings is 1. The zero-order valence-electron chi connectivity index (χ0n) is 16.7. The number of imide groups is 1. The van der Waals surface area contributed by atoms with Crippen molar-refractivity contribution in [3.63, 3.8) is 0 Å². The number of amides is 2. The maximum Gasteiger partial charge on any atom is 0.238 e. The maximum atomic E-state index is 13.7. The van der Waals surface area contributed by atoms with Gasteiger partial charge in [-0.2, -0.15) is 0 Å². The molecular weight excluding hydrogens is 366 g/mol. The largest absolute Gasteiger partial charge is 0.361 e. The highest BCUT2D eigenvalue weighted by Gasteiger charge is 2.98. The monoisotopic (exact) mass is 393 g/mol. The summed E-state index contributed by atoms with van der Waals surface area (Å²) in [5.41, 5.74) is 1.17. The molecule has 0 spiro atoms. The lowest BCUT2D eigenvalue weighted by Gasteiger charge is -2.37. The maximum absolute atomic E-state index is 13.7. The number of ether oxygens (including phenoxy) is 1. The Morgan fingerprint density at radius 1 is 0.929 bits per heavy atom. The van der Waals surface area contributed by atoms with Crippen molar-refractivity contribution in [3.05, 3.63) is 30.3 Å². The van der Waals surface area contributed by atoms with E-state index in [1.54, 1.807) is 0 Å². The van der Waals surface area contributed by atoms with Crippen molar-refractivity contribution in [2.75, 3.05) is 4.90 Å². The summed E-state index contributed by atoms with van der Waals surface area (Å²) in [6.45, 7) is 7.33. The third-order valence-electron chi connectivity index (χ3n) is 9.50. The van der Waals surface area contributed by atoms with Crippen molar-refractivity contribution in [2.24, 2.45) is 35.5 Å². The molecule has 4 bridgehead atoms. The Morgan fingerprint density at radius 3 is 1.96 bits per heavy atom. The highest BCUT2D eigenvalue weighted by Crippen LogP contribution is 2.90. The fourth-order valence-corrected chi connectivity index (χ4v) is 12.2. The summed E-state index contributed by atoms with van der Waals surface area (Å²) in [7, 11) is -1.54. The zero-order valence-corrected chi connectivity index (χ0v) is 17.7. The number of para-hydroxylation sites is 1. The normalized spacial score (nSPS) is 52.2. The van der Waals surface area contributed by atoms with Crippen molar-refractivity contribution in [2.45, 2.75) is 55.6 Å². The molecule has 1 aromatic rings. The van der Waals surface area contributed by atoms with Crippen LogP contribution in [0.15, 0.2) is 30.3 Å². The van der Waals surface area contributed by atoms with Gasteiger partial charge >= 0.3 is 0 Å². The van der Waals surface area contributed by atoms with Gasteiger partial charge in [0.05, 0.1) is 17.5 Å². The Bertz CT molecular complexity index is 893. The number of nitrogens with zero attached hydrogens (tertiary/aromatic N) is 1. The molecule has 0 N–H and O–H groups in total. The SMILES string of the molecule is C[Si](C)(C)C1[C@H]2[C@@H]3C(=O)N(c4ccccc4)C(=O)[C@@H]3[C@H]1[C@@]13O[C@]21[C@H]1CC[C@H]3C1. The van der Waals surface area contributed by atoms with Crippen LogP contribution in [0, 0.1) is 35.5 Å². The molecule has 6 aliphatic rings. The topological polar surface area (TPSA) is 49.9 Å². The molecule has 0 radical (unpaired) electrons. The third-order valence-corrected chi connectivity index (χ3v) is 12.2. The van der Waals surface area contributed by atoms with Crippen LogP contribution in [0.3, 0.4) is 0 Å². The van der Waals surface area contributed by atoms with Crippen molar-refractivity contribution >= 4 is 25.6 Å². The molecule has 1 unspecified atom stereocenters. The van der Waals surface area contributed by atoms with Gasteiger partial charge in [0, 0.05) is 19.9 Å². The fourth-order valence-electron chi connectivity index (χ4n) is 9.13. The van der Waals surface area contributed by atoms with Crippen LogP contribution in [-0.2, 0) is 14.3 Å². The summed E-state index contributed by atoms with van der Waals surface area (Å²) in [6, 6.07) is 9.55. The van der Waals surface area contributed by atoms with E-state index in [9.17, 15) is 9.59 Å². The van der Waals surface area contributed by atoms with Gasteiger partial charge < -0.3 is 4.74 Å². The van der Waals surface area contributed by atoms with Gasteiger partial charge in [0.15, 0.2) is 0 Å². The fraction of sp³-hybridized carbons (Fsp3) is 0.652. The highest BCUT2D eigenvalue weighted by molar-refractivity contribution is 6.78. The highest BCUT2D eigenvalue weighted by atomic mass is 28.3. The van der Waals surface area contributed by atoms with Gasteiger partial charge in [-0.25, -0.2) is 0 Å². The summed E-state index contributed by atoms with van der Waals surface area (Å²) in [5.74, 6) is 1.61. The minimum absolute atomic E-state index is 0.0539. The molecule has 9 atom stereocenters. The zero-order chi connectivity index (χ0) is 19.2. The van der Waals surface area contributed by atoms with Gasteiger partial charge in [-0.1, -0.05) is 37.8 Å². The van der Waals surface area contributed by atoms with E-state index in [-0.39, 0.29) is 46.7 Å². The second-order valence-corrected chi connectivity index (χ2v) is 16.6. The lowest BCUT2D eigenvalue weighted by atomic mass is 9.64. The van der Waals surface area contributed by atoms with Crippen LogP contribution >= 0.6 is 0 Å². The predicted molar refractivity (Wildman–Crippen MR) is 107 cm³/mol. The third kappa shape index (κ3) is 1.40. The first kappa shape index (κ1) is 16.3. The summed E-state index contributed by atoms with van der Waals surface area (Å²) >= 11 is 0. The van der Waals surface area contributed by atoms with Crippen molar-refractivity contribution in [1.82, 2.24) is 0 Å². The van der Waals surface area contributed by atoms with Crippen molar-refractivity contribution < 1.29 is 14.3 Å². The van der Waals surface area contributed by atoms with Gasteiger partial charge in [0.25, 0.3) is 0 Å². The molecule has 2 amide bonds. The quantitative estimate of drug-likeness (QED) is 0.437. The second kappa shape index (κ2) is 4.49. The van der Waals surface area contributed by atoms with E-state index in [4.69, 9.17) is 4.74 Å². The Hall–Kier alpha value is -1.46. The molecule has 2 saturated heterocycles. The standard InChI is InChI=1S/C23H27NO3Si/c1-28(2,3)19-17-15-16(21(26)24(20(15)25)14-7-5-4-6-8-14)18(19)23-13-10-9-12(11-13)22(17,23)27-23/h4-8,12-13,15-19H,9-11H2,1-3H3/t12-,13-,15-,16+,17+,18+,19?,22+,23+/m0/s1. The van der Waals surface area contributed by atoms with E-state index in [0.29, 0.717) is 17.4 Å². The lowest BCUT2D eigenvalue weighted by Crippen LogP contribution is -2.46. The number of carbonyl (C=O) groups is 2. The first-order chi connectivity index (χ1) is 13.3. The second-order valence-electron chi connectivity index (χ2n) is 11.2.